The van der Waals surface area contributed by atoms with Crippen molar-refractivity contribution in [3.63, 3.8) is 0 Å². The molecule has 2 aromatic rings. The fraction of sp³-hybridized carbons (Fsp3) is 0.250. The zero-order valence-corrected chi connectivity index (χ0v) is 12.8. The zero-order chi connectivity index (χ0) is 15.7. The van der Waals surface area contributed by atoms with Crippen molar-refractivity contribution in [3.05, 3.63) is 58.0 Å². The van der Waals surface area contributed by atoms with Gasteiger partial charge in [-0.3, -0.25) is 9.59 Å². The minimum absolute atomic E-state index is 0.0371. The van der Waals surface area contributed by atoms with E-state index in [1.807, 2.05) is 5.38 Å². The molecule has 0 saturated carbocycles. The number of carbonyl (C=O) groups excluding carboxylic acids is 2. The van der Waals surface area contributed by atoms with Gasteiger partial charge in [-0.1, -0.05) is 12.1 Å². The molecule has 4 nitrogen and oxygen atoms in total. The first-order valence-electron chi connectivity index (χ1n) is 6.90. The molecule has 0 radical (unpaired) electrons. The minimum Gasteiger partial charge on any atom is -0.346 e. The molecular formula is C16H15FN2O2S. The summed E-state index contributed by atoms with van der Waals surface area (Å²) in [5, 5.41) is 6.51. The Hall–Kier alpha value is -2.21. The van der Waals surface area contributed by atoms with Gasteiger partial charge in [0.1, 0.15) is 5.82 Å². The third-order valence-electron chi connectivity index (χ3n) is 3.90. The Labute approximate surface area is 131 Å². The second kappa shape index (κ2) is 5.88. The van der Waals surface area contributed by atoms with Gasteiger partial charge in [0.15, 0.2) is 0 Å². The number of nitrogens with one attached hydrogen (secondary N) is 1. The molecule has 2 amide bonds. The van der Waals surface area contributed by atoms with Crippen LogP contribution in [0, 0.1) is 5.82 Å². The van der Waals surface area contributed by atoms with Crippen LogP contribution in [0.2, 0.25) is 0 Å². The Morgan fingerprint density at radius 2 is 2.05 bits per heavy atom. The Balaban J connectivity index is 1.83. The van der Waals surface area contributed by atoms with E-state index in [4.69, 9.17) is 0 Å². The van der Waals surface area contributed by atoms with Crippen molar-refractivity contribution in [2.45, 2.75) is 18.5 Å². The highest BCUT2D eigenvalue weighted by Gasteiger charge is 2.39. The maximum atomic E-state index is 13.1. The zero-order valence-electron chi connectivity index (χ0n) is 12.0. The molecule has 22 heavy (non-hydrogen) atoms. The van der Waals surface area contributed by atoms with Crippen LogP contribution in [0.5, 0.6) is 0 Å². The molecule has 0 spiro atoms. The summed E-state index contributed by atoms with van der Waals surface area (Å²) in [6, 6.07) is 7.17. The standard InChI is InChI=1S/C16H15FN2O2S/c1-19-14(20)8-13(18-16(21)11-6-7-22-9-11)15(19)10-2-4-12(17)5-3-10/h2-7,9,13,15H,8H2,1H3,(H,18,21)/t13-,15+/m0/s1. The SMILES string of the molecule is CN1C(=O)C[C@H](NC(=O)c2ccsc2)[C@H]1c1ccc(F)cc1. The van der Waals surface area contributed by atoms with Crippen LogP contribution in [0.3, 0.4) is 0 Å². The van der Waals surface area contributed by atoms with E-state index in [0.717, 1.165) is 5.56 Å². The Kier molecular flexibility index (Phi) is 3.94. The molecule has 1 N–H and O–H groups in total. The number of hydrogen-bond acceptors (Lipinski definition) is 3. The van der Waals surface area contributed by atoms with Crippen molar-refractivity contribution in [1.82, 2.24) is 10.2 Å². The number of halogens is 1. The number of rotatable bonds is 3. The van der Waals surface area contributed by atoms with Gasteiger partial charge in [-0.25, -0.2) is 4.39 Å². The number of hydrogen-bond donors (Lipinski definition) is 1. The highest BCUT2D eigenvalue weighted by Crippen LogP contribution is 2.32. The lowest BCUT2D eigenvalue weighted by atomic mass is 10.00. The van der Waals surface area contributed by atoms with E-state index in [0.29, 0.717) is 5.56 Å². The van der Waals surface area contributed by atoms with Crippen LogP contribution in [-0.2, 0) is 4.79 Å². The number of benzene rings is 1. The molecule has 1 fully saturated rings. The van der Waals surface area contributed by atoms with Crippen LogP contribution in [0.25, 0.3) is 0 Å². The van der Waals surface area contributed by atoms with Gasteiger partial charge in [0.05, 0.1) is 12.1 Å². The monoisotopic (exact) mass is 318 g/mol. The Morgan fingerprint density at radius 1 is 1.32 bits per heavy atom. The first kappa shape index (κ1) is 14.7. The highest BCUT2D eigenvalue weighted by atomic mass is 32.1. The predicted octanol–water partition coefficient (Wildman–Crippen LogP) is 2.59. The van der Waals surface area contributed by atoms with Crippen LogP contribution in [0.1, 0.15) is 28.4 Å². The summed E-state index contributed by atoms with van der Waals surface area (Å²) in [6.07, 6.45) is 0.244. The molecule has 1 aromatic heterocycles. The molecule has 0 aliphatic carbocycles. The van der Waals surface area contributed by atoms with E-state index >= 15 is 0 Å². The van der Waals surface area contributed by atoms with Gasteiger partial charge in [-0.2, -0.15) is 11.3 Å². The number of likely N-dealkylation sites (tertiary alicyclic amines) is 1. The summed E-state index contributed by atoms with van der Waals surface area (Å²) in [6.45, 7) is 0. The summed E-state index contributed by atoms with van der Waals surface area (Å²) in [5.74, 6) is -0.555. The molecule has 2 heterocycles. The lowest BCUT2D eigenvalue weighted by Gasteiger charge is -2.26. The molecule has 6 heteroatoms. The maximum Gasteiger partial charge on any atom is 0.252 e. The smallest absolute Gasteiger partial charge is 0.252 e. The summed E-state index contributed by atoms with van der Waals surface area (Å²) in [4.78, 5) is 25.8. The first-order chi connectivity index (χ1) is 10.6. The van der Waals surface area contributed by atoms with Gasteiger partial charge < -0.3 is 10.2 Å². The highest BCUT2D eigenvalue weighted by molar-refractivity contribution is 7.08. The molecule has 3 rings (SSSR count). The van der Waals surface area contributed by atoms with E-state index in [-0.39, 0.29) is 36.1 Å². The van der Waals surface area contributed by atoms with E-state index in [9.17, 15) is 14.0 Å². The maximum absolute atomic E-state index is 13.1. The largest absolute Gasteiger partial charge is 0.346 e. The third kappa shape index (κ3) is 2.74. The van der Waals surface area contributed by atoms with E-state index in [2.05, 4.69) is 5.32 Å². The summed E-state index contributed by atoms with van der Waals surface area (Å²) < 4.78 is 13.1. The Bertz CT molecular complexity index is 685. The molecule has 0 unspecified atom stereocenters. The number of thiophene rings is 1. The van der Waals surface area contributed by atoms with Gasteiger partial charge >= 0.3 is 0 Å². The average Bonchev–Trinajstić information content (AvgIpc) is 3.11. The Morgan fingerprint density at radius 3 is 2.68 bits per heavy atom. The number of nitrogens with zero attached hydrogens (tertiary/aromatic N) is 1. The van der Waals surface area contributed by atoms with Crippen LogP contribution in [-0.4, -0.2) is 29.8 Å². The van der Waals surface area contributed by atoms with Crippen molar-refractivity contribution in [2.24, 2.45) is 0 Å². The molecule has 1 aliphatic rings. The van der Waals surface area contributed by atoms with Gasteiger partial charge in [-0.05, 0) is 29.1 Å². The first-order valence-corrected chi connectivity index (χ1v) is 7.84. The molecule has 2 atom stereocenters. The van der Waals surface area contributed by atoms with Gasteiger partial charge in [-0.15, -0.1) is 0 Å². The molecule has 114 valence electrons. The summed E-state index contributed by atoms with van der Waals surface area (Å²) >= 11 is 1.45. The second-order valence-corrected chi connectivity index (χ2v) is 6.08. The van der Waals surface area contributed by atoms with Crippen LogP contribution >= 0.6 is 11.3 Å². The fourth-order valence-electron chi connectivity index (χ4n) is 2.76. The second-order valence-electron chi connectivity index (χ2n) is 5.30. The molecule has 0 bridgehead atoms. The van der Waals surface area contributed by atoms with Crippen molar-refractivity contribution >= 4 is 23.2 Å². The van der Waals surface area contributed by atoms with Crippen molar-refractivity contribution in [1.29, 1.82) is 0 Å². The normalized spacial score (nSPS) is 21.2. The fourth-order valence-corrected chi connectivity index (χ4v) is 3.40. The molecule has 1 aromatic carbocycles. The molecular weight excluding hydrogens is 303 g/mol. The topological polar surface area (TPSA) is 49.4 Å². The van der Waals surface area contributed by atoms with Crippen molar-refractivity contribution in [2.75, 3.05) is 7.05 Å². The summed E-state index contributed by atoms with van der Waals surface area (Å²) in [7, 11) is 1.70. The van der Waals surface area contributed by atoms with Crippen LogP contribution in [0.4, 0.5) is 4.39 Å². The number of carbonyl (C=O) groups is 2. The average molecular weight is 318 g/mol. The number of amides is 2. The quantitative estimate of drug-likeness (QED) is 0.945. The van der Waals surface area contributed by atoms with Gasteiger partial charge in [0.2, 0.25) is 5.91 Å². The summed E-state index contributed by atoms with van der Waals surface area (Å²) in [5.41, 5.74) is 1.40. The van der Waals surface area contributed by atoms with Crippen LogP contribution < -0.4 is 5.32 Å². The minimum atomic E-state index is -0.324. The van der Waals surface area contributed by atoms with Gasteiger partial charge in [0.25, 0.3) is 5.91 Å². The lowest BCUT2D eigenvalue weighted by Crippen LogP contribution is -2.38. The van der Waals surface area contributed by atoms with E-state index in [1.54, 1.807) is 35.5 Å². The van der Waals surface area contributed by atoms with Crippen molar-refractivity contribution in [3.8, 4) is 0 Å². The number of likely N-dealkylation sites (N-methyl/N-ethyl adjacent to an activating group) is 1. The van der Waals surface area contributed by atoms with E-state index < -0.39 is 0 Å². The molecule has 1 saturated heterocycles. The van der Waals surface area contributed by atoms with Crippen molar-refractivity contribution < 1.29 is 14.0 Å². The molecule has 1 aliphatic heterocycles. The van der Waals surface area contributed by atoms with E-state index in [1.165, 1.54) is 23.5 Å². The van der Waals surface area contributed by atoms with Crippen LogP contribution in [0.15, 0.2) is 41.1 Å². The predicted molar refractivity (Wildman–Crippen MR) is 82.1 cm³/mol. The third-order valence-corrected chi connectivity index (χ3v) is 4.58. The van der Waals surface area contributed by atoms with Gasteiger partial charge in [0, 0.05) is 24.4 Å². The lowest BCUT2D eigenvalue weighted by molar-refractivity contribution is -0.127.